The average Bonchev–Trinajstić information content (AvgIpc) is 2.96. The maximum atomic E-state index is 12.3. The van der Waals surface area contributed by atoms with Gasteiger partial charge in [-0.2, -0.15) is 0 Å². The minimum Gasteiger partial charge on any atom is -0.493 e. The molecule has 2 rings (SSSR count). The van der Waals surface area contributed by atoms with Crippen LogP contribution in [0.3, 0.4) is 0 Å². The summed E-state index contributed by atoms with van der Waals surface area (Å²) in [4.78, 5) is 12.3. The molecular weight excluding hydrogens is 368 g/mol. The minimum atomic E-state index is -0.137. The van der Waals surface area contributed by atoms with Gasteiger partial charge in [0.1, 0.15) is 0 Å². The van der Waals surface area contributed by atoms with Crippen LogP contribution < -0.4 is 14.2 Å². The van der Waals surface area contributed by atoms with Crippen molar-refractivity contribution >= 4 is 39.1 Å². The number of thiophene rings is 1. The summed E-state index contributed by atoms with van der Waals surface area (Å²) in [6.45, 7) is 0. The van der Waals surface area contributed by atoms with E-state index < -0.39 is 0 Å². The van der Waals surface area contributed by atoms with E-state index >= 15 is 0 Å². The molecule has 1 aromatic heterocycles. The number of carbonyl (C=O) groups excluding carboxylic acids is 1. The van der Waals surface area contributed by atoms with Crippen LogP contribution in [-0.2, 0) is 0 Å². The normalized spacial score (nSPS) is 10.7. The quantitative estimate of drug-likeness (QED) is 0.547. The average molecular weight is 383 g/mol. The van der Waals surface area contributed by atoms with Crippen molar-refractivity contribution in [1.82, 2.24) is 0 Å². The van der Waals surface area contributed by atoms with E-state index in [0.717, 1.165) is 9.35 Å². The number of ketones is 1. The van der Waals surface area contributed by atoms with Crippen LogP contribution >= 0.6 is 27.3 Å². The van der Waals surface area contributed by atoms with Crippen LogP contribution in [0.5, 0.6) is 17.2 Å². The van der Waals surface area contributed by atoms with E-state index in [1.165, 1.54) is 27.4 Å². The molecule has 22 heavy (non-hydrogen) atoms. The molecule has 1 aromatic carbocycles. The monoisotopic (exact) mass is 382 g/mol. The molecule has 0 aliphatic rings. The summed E-state index contributed by atoms with van der Waals surface area (Å²) >= 11 is 4.96. The lowest BCUT2D eigenvalue weighted by Crippen LogP contribution is -2.00. The van der Waals surface area contributed by atoms with E-state index in [-0.39, 0.29) is 5.78 Å². The van der Waals surface area contributed by atoms with Crippen LogP contribution in [0.1, 0.15) is 15.9 Å². The van der Waals surface area contributed by atoms with Gasteiger partial charge in [0.15, 0.2) is 17.3 Å². The predicted octanol–water partition coefficient (Wildman–Crippen LogP) is 4.43. The molecule has 0 fully saturated rings. The van der Waals surface area contributed by atoms with Gasteiger partial charge in [-0.25, -0.2) is 0 Å². The molecule has 0 saturated heterocycles. The standard InChI is InChI=1S/C16H15BrO4S/c1-19-13-7-11(8-14(20-2)16(13)21-3)12(18)5-4-10-6-15(17)22-9-10/h4-9H,1-3H3/b5-4+. The third kappa shape index (κ3) is 3.69. The van der Waals surface area contributed by atoms with Crippen LogP contribution in [0.2, 0.25) is 0 Å². The van der Waals surface area contributed by atoms with Crippen LogP contribution in [0, 0.1) is 0 Å². The van der Waals surface area contributed by atoms with E-state index in [9.17, 15) is 4.79 Å². The summed E-state index contributed by atoms with van der Waals surface area (Å²) < 4.78 is 16.8. The molecule has 0 radical (unpaired) electrons. The van der Waals surface area contributed by atoms with Crippen molar-refractivity contribution < 1.29 is 19.0 Å². The SMILES string of the molecule is COc1cc(C(=O)/C=C/c2csc(Br)c2)cc(OC)c1OC. The number of hydrogen-bond donors (Lipinski definition) is 0. The first-order valence-corrected chi connectivity index (χ1v) is 8.02. The van der Waals surface area contributed by atoms with Crippen LogP contribution in [0.25, 0.3) is 6.08 Å². The van der Waals surface area contributed by atoms with Gasteiger partial charge in [-0.1, -0.05) is 6.08 Å². The topological polar surface area (TPSA) is 44.8 Å². The Morgan fingerprint density at radius 3 is 2.18 bits per heavy atom. The lowest BCUT2D eigenvalue weighted by molar-refractivity contribution is 0.104. The molecule has 0 N–H and O–H groups in total. The van der Waals surface area contributed by atoms with Gasteiger partial charge in [0.2, 0.25) is 5.75 Å². The molecule has 116 valence electrons. The highest BCUT2D eigenvalue weighted by Gasteiger charge is 2.15. The second-order valence-electron chi connectivity index (χ2n) is 4.30. The van der Waals surface area contributed by atoms with Crippen molar-refractivity contribution in [3.8, 4) is 17.2 Å². The summed E-state index contributed by atoms with van der Waals surface area (Å²) in [6.07, 6.45) is 3.29. The molecular formula is C16H15BrO4S. The number of allylic oxidation sites excluding steroid dienone is 1. The number of methoxy groups -OCH3 is 3. The van der Waals surface area contributed by atoms with Crippen molar-refractivity contribution in [3.05, 3.63) is 44.6 Å². The molecule has 6 heteroatoms. The zero-order valence-corrected chi connectivity index (χ0v) is 14.8. The van der Waals surface area contributed by atoms with E-state index in [0.29, 0.717) is 22.8 Å². The number of benzene rings is 1. The van der Waals surface area contributed by atoms with E-state index in [1.807, 2.05) is 11.4 Å². The molecule has 0 spiro atoms. The van der Waals surface area contributed by atoms with Crippen molar-refractivity contribution in [2.45, 2.75) is 0 Å². The molecule has 0 unspecified atom stereocenters. The zero-order chi connectivity index (χ0) is 16.1. The Bertz CT molecular complexity index is 681. The number of carbonyl (C=O) groups is 1. The Morgan fingerprint density at radius 1 is 1.09 bits per heavy atom. The molecule has 0 aliphatic carbocycles. The van der Waals surface area contributed by atoms with E-state index in [2.05, 4.69) is 15.9 Å². The summed E-state index contributed by atoms with van der Waals surface area (Å²) in [5.74, 6) is 1.24. The number of halogens is 1. The van der Waals surface area contributed by atoms with E-state index in [4.69, 9.17) is 14.2 Å². The molecule has 0 saturated carbocycles. The first-order chi connectivity index (χ1) is 10.6. The largest absolute Gasteiger partial charge is 0.493 e. The van der Waals surface area contributed by atoms with Gasteiger partial charge in [-0.3, -0.25) is 4.79 Å². The molecule has 0 aliphatic heterocycles. The third-order valence-corrected chi connectivity index (χ3v) is 4.49. The van der Waals surface area contributed by atoms with E-state index in [1.54, 1.807) is 29.5 Å². The van der Waals surface area contributed by atoms with Crippen LogP contribution in [-0.4, -0.2) is 27.1 Å². The highest BCUT2D eigenvalue weighted by molar-refractivity contribution is 9.11. The molecule has 1 heterocycles. The van der Waals surface area contributed by atoms with Gasteiger partial charge < -0.3 is 14.2 Å². The van der Waals surface area contributed by atoms with Crippen molar-refractivity contribution in [3.63, 3.8) is 0 Å². The summed E-state index contributed by atoms with van der Waals surface area (Å²) in [7, 11) is 4.56. The second kappa shape index (κ2) is 7.47. The Balaban J connectivity index is 2.31. The van der Waals surface area contributed by atoms with Gasteiger partial charge in [0.05, 0.1) is 25.1 Å². The van der Waals surface area contributed by atoms with Crippen LogP contribution in [0.4, 0.5) is 0 Å². The number of hydrogen-bond acceptors (Lipinski definition) is 5. The van der Waals surface area contributed by atoms with Crippen molar-refractivity contribution in [2.24, 2.45) is 0 Å². The molecule has 0 amide bonds. The minimum absolute atomic E-state index is 0.137. The summed E-state index contributed by atoms with van der Waals surface area (Å²) in [5, 5.41) is 1.96. The Kier molecular flexibility index (Phi) is 5.63. The fraction of sp³-hybridized carbons (Fsp3) is 0.188. The van der Waals surface area contributed by atoms with Crippen molar-refractivity contribution in [2.75, 3.05) is 21.3 Å². The smallest absolute Gasteiger partial charge is 0.203 e. The lowest BCUT2D eigenvalue weighted by Gasteiger charge is -2.13. The number of rotatable bonds is 6. The highest BCUT2D eigenvalue weighted by atomic mass is 79.9. The first kappa shape index (κ1) is 16.6. The molecule has 0 atom stereocenters. The lowest BCUT2D eigenvalue weighted by atomic mass is 10.1. The molecule has 4 nitrogen and oxygen atoms in total. The van der Waals surface area contributed by atoms with Gasteiger partial charge in [-0.05, 0) is 51.1 Å². The Hall–Kier alpha value is -1.79. The van der Waals surface area contributed by atoms with Crippen LogP contribution in [0.15, 0.2) is 33.4 Å². The fourth-order valence-corrected chi connectivity index (χ4v) is 3.05. The first-order valence-electron chi connectivity index (χ1n) is 6.35. The molecule has 2 aromatic rings. The summed E-state index contributed by atoms with van der Waals surface area (Å²) in [6, 6.07) is 5.22. The van der Waals surface area contributed by atoms with Gasteiger partial charge >= 0.3 is 0 Å². The second-order valence-corrected chi connectivity index (χ2v) is 6.59. The third-order valence-electron chi connectivity index (χ3n) is 2.96. The highest BCUT2D eigenvalue weighted by Crippen LogP contribution is 2.38. The fourth-order valence-electron chi connectivity index (χ4n) is 1.90. The van der Waals surface area contributed by atoms with Gasteiger partial charge in [0, 0.05) is 5.56 Å². The Morgan fingerprint density at radius 2 is 1.73 bits per heavy atom. The summed E-state index contributed by atoms with van der Waals surface area (Å²) in [5.41, 5.74) is 1.44. The Labute approximate surface area is 141 Å². The predicted molar refractivity (Wildman–Crippen MR) is 91.5 cm³/mol. The maximum Gasteiger partial charge on any atom is 0.203 e. The van der Waals surface area contributed by atoms with Crippen molar-refractivity contribution in [1.29, 1.82) is 0 Å². The number of ether oxygens (including phenoxy) is 3. The van der Waals surface area contributed by atoms with Gasteiger partial charge in [0.25, 0.3) is 0 Å². The molecule has 0 bridgehead atoms. The maximum absolute atomic E-state index is 12.3. The van der Waals surface area contributed by atoms with Gasteiger partial charge in [-0.15, -0.1) is 11.3 Å². The zero-order valence-electron chi connectivity index (χ0n) is 12.4.